The Morgan fingerprint density at radius 3 is 2.75 bits per heavy atom. The van der Waals surface area contributed by atoms with Crippen molar-refractivity contribution in [1.82, 2.24) is 19.3 Å². The summed E-state index contributed by atoms with van der Waals surface area (Å²) >= 11 is 0. The quantitative estimate of drug-likeness (QED) is 0.799. The van der Waals surface area contributed by atoms with Crippen molar-refractivity contribution >= 4 is 11.0 Å². The predicted octanol–water partition coefficient (Wildman–Crippen LogP) is 0.357. The van der Waals surface area contributed by atoms with E-state index in [0.717, 1.165) is 0 Å². The van der Waals surface area contributed by atoms with E-state index in [1.807, 2.05) is 20.8 Å². The molecule has 0 amide bonds. The zero-order chi connectivity index (χ0) is 14.8. The van der Waals surface area contributed by atoms with Gasteiger partial charge in [0.15, 0.2) is 5.65 Å². The largest absolute Gasteiger partial charge is 0.394 e. The number of ether oxygens (including phenoxy) is 1. The number of hydrogen-bond acceptors (Lipinski definition) is 5. The SMILES string of the molecule is CC(C)(C)n1ncc2c(=O)n(CCOCCO)cnc21. The molecule has 2 rings (SSSR count). The minimum absolute atomic E-state index is 0.0233. The molecule has 0 radical (unpaired) electrons. The van der Waals surface area contributed by atoms with Crippen molar-refractivity contribution in [2.75, 3.05) is 19.8 Å². The number of aliphatic hydroxyl groups is 1. The Bertz CT molecular complexity index is 639. The second kappa shape index (κ2) is 5.72. The van der Waals surface area contributed by atoms with Crippen molar-refractivity contribution in [3.05, 3.63) is 22.9 Å². The van der Waals surface area contributed by atoms with Gasteiger partial charge in [0.1, 0.15) is 11.7 Å². The van der Waals surface area contributed by atoms with E-state index < -0.39 is 0 Å². The fraction of sp³-hybridized carbons (Fsp3) is 0.615. The average Bonchev–Trinajstić information content (AvgIpc) is 2.81. The molecule has 2 aromatic rings. The lowest BCUT2D eigenvalue weighted by Gasteiger charge is -2.19. The summed E-state index contributed by atoms with van der Waals surface area (Å²) in [6.07, 6.45) is 3.07. The Labute approximate surface area is 116 Å². The van der Waals surface area contributed by atoms with Crippen molar-refractivity contribution in [3.63, 3.8) is 0 Å². The molecule has 0 fully saturated rings. The fourth-order valence-corrected chi connectivity index (χ4v) is 1.93. The van der Waals surface area contributed by atoms with Crippen molar-refractivity contribution in [1.29, 1.82) is 0 Å². The van der Waals surface area contributed by atoms with E-state index in [2.05, 4.69) is 10.1 Å². The van der Waals surface area contributed by atoms with E-state index in [1.165, 1.54) is 10.9 Å². The van der Waals surface area contributed by atoms with Crippen LogP contribution in [-0.2, 0) is 16.8 Å². The summed E-state index contributed by atoms with van der Waals surface area (Å²) in [7, 11) is 0. The van der Waals surface area contributed by atoms with Gasteiger partial charge in [-0.05, 0) is 20.8 Å². The van der Waals surface area contributed by atoms with Gasteiger partial charge < -0.3 is 9.84 Å². The van der Waals surface area contributed by atoms with Crippen LogP contribution in [0.15, 0.2) is 17.3 Å². The molecule has 0 aliphatic rings. The molecular formula is C13H20N4O3. The molecule has 1 N–H and O–H groups in total. The van der Waals surface area contributed by atoms with E-state index in [9.17, 15) is 4.79 Å². The first-order chi connectivity index (χ1) is 9.45. The van der Waals surface area contributed by atoms with Gasteiger partial charge >= 0.3 is 0 Å². The Balaban J connectivity index is 2.29. The van der Waals surface area contributed by atoms with Crippen LogP contribution in [0.25, 0.3) is 11.0 Å². The van der Waals surface area contributed by atoms with E-state index in [1.54, 1.807) is 10.9 Å². The summed E-state index contributed by atoms with van der Waals surface area (Å²) in [5, 5.41) is 13.4. The zero-order valence-electron chi connectivity index (χ0n) is 12.0. The van der Waals surface area contributed by atoms with Gasteiger partial charge in [0, 0.05) is 0 Å². The molecule has 110 valence electrons. The van der Waals surface area contributed by atoms with Gasteiger partial charge in [-0.1, -0.05) is 0 Å². The normalized spacial score (nSPS) is 12.2. The summed E-state index contributed by atoms with van der Waals surface area (Å²) in [6, 6.07) is 0. The molecule has 0 aliphatic heterocycles. The summed E-state index contributed by atoms with van der Waals surface area (Å²) in [5.41, 5.74) is 0.241. The third-order valence-corrected chi connectivity index (χ3v) is 2.90. The maximum absolute atomic E-state index is 12.3. The first-order valence-electron chi connectivity index (χ1n) is 6.57. The molecule has 2 aromatic heterocycles. The van der Waals surface area contributed by atoms with Crippen LogP contribution in [-0.4, -0.2) is 44.3 Å². The molecule has 0 saturated carbocycles. The number of rotatable bonds is 5. The highest BCUT2D eigenvalue weighted by Crippen LogP contribution is 2.17. The Hall–Kier alpha value is -1.73. The summed E-state index contributed by atoms with van der Waals surface area (Å²) in [4.78, 5) is 16.6. The monoisotopic (exact) mass is 280 g/mol. The standard InChI is InChI=1S/C13H20N4O3/c1-13(2,3)17-11-10(8-15-17)12(19)16(9-14-11)4-6-20-7-5-18/h8-9,18H,4-7H2,1-3H3. The number of hydrogen-bond donors (Lipinski definition) is 1. The van der Waals surface area contributed by atoms with Gasteiger partial charge in [0.25, 0.3) is 5.56 Å². The van der Waals surface area contributed by atoms with E-state index in [4.69, 9.17) is 9.84 Å². The molecule has 0 spiro atoms. The van der Waals surface area contributed by atoms with Crippen LogP contribution in [0.5, 0.6) is 0 Å². The first-order valence-corrected chi connectivity index (χ1v) is 6.57. The Morgan fingerprint density at radius 2 is 2.10 bits per heavy atom. The molecule has 7 heteroatoms. The third kappa shape index (κ3) is 2.88. The minimum Gasteiger partial charge on any atom is -0.394 e. The highest BCUT2D eigenvalue weighted by Gasteiger charge is 2.19. The lowest BCUT2D eigenvalue weighted by atomic mass is 10.1. The molecular weight excluding hydrogens is 260 g/mol. The van der Waals surface area contributed by atoms with Crippen LogP contribution in [0.1, 0.15) is 20.8 Å². The molecule has 0 saturated heterocycles. The summed E-state index contributed by atoms with van der Waals surface area (Å²) < 4.78 is 8.40. The van der Waals surface area contributed by atoms with Crippen molar-refractivity contribution in [2.45, 2.75) is 32.9 Å². The van der Waals surface area contributed by atoms with E-state index >= 15 is 0 Å². The lowest BCUT2D eigenvalue weighted by molar-refractivity contribution is 0.0865. The topological polar surface area (TPSA) is 82.2 Å². The molecule has 0 aromatic carbocycles. The van der Waals surface area contributed by atoms with E-state index in [-0.39, 0.29) is 24.3 Å². The van der Waals surface area contributed by atoms with Crippen molar-refractivity contribution in [3.8, 4) is 0 Å². The van der Waals surface area contributed by atoms with Gasteiger partial charge in [0.05, 0.1) is 38.1 Å². The van der Waals surface area contributed by atoms with Crippen LogP contribution >= 0.6 is 0 Å². The second-order valence-corrected chi connectivity index (χ2v) is 5.54. The summed E-state index contributed by atoms with van der Waals surface area (Å²) in [5.74, 6) is 0. The van der Waals surface area contributed by atoms with Gasteiger partial charge in [-0.3, -0.25) is 9.36 Å². The molecule has 7 nitrogen and oxygen atoms in total. The Kier molecular flexibility index (Phi) is 4.20. The van der Waals surface area contributed by atoms with E-state index in [0.29, 0.717) is 24.2 Å². The number of nitrogens with zero attached hydrogens (tertiary/aromatic N) is 4. The highest BCUT2D eigenvalue weighted by molar-refractivity contribution is 5.73. The van der Waals surface area contributed by atoms with Gasteiger partial charge in [-0.25, -0.2) is 9.67 Å². The average molecular weight is 280 g/mol. The first kappa shape index (κ1) is 14.7. The second-order valence-electron chi connectivity index (χ2n) is 5.54. The van der Waals surface area contributed by atoms with Crippen molar-refractivity contribution in [2.24, 2.45) is 0 Å². The van der Waals surface area contributed by atoms with Gasteiger partial charge in [-0.15, -0.1) is 0 Å². The van der Waals surface area contributed by atoms with Crippen LogP contribution < -0.4 is 5.56 Å². The number of fused-ring (bicyclic) bond motifs is 1. The molecule has 0 aliphatic carbocycles. The molecule has 0 unspecified atom stereocenters. The maximum Gasteiger partial charge on any atom is 0.264 e. The minimum atomic E-state index is -0.225. The smallest absolute Gasteiger partial charge is 0.264 e. The summed E-state index contributed by atoms with van der Waals surface area (Å²) in [6.45, 7) is 7.04. The lowest BCUT2D eigenvalue weighted by Crippen LogP contribution is -2.26. The number of aliphatic hydroxyl groups excluding tert-OH is 1. The number of aromatic nitrogens is 4. The molecule has 20 heavy (non-hydrogen) atoms. The fourth-order valence-electron chi connectivity index (χ4n) is 1.93. The molecule has 0 bridgehead atoms. The van der Waals surface area contributed by atoms with Gasteiger partial charge in [0.2, 0.25) is 0 Å². The Morgan fingerprint density at radius 1 is 1.35 bits per heavy atom. The molecule has 0 atom stereocenters. The van der Waals surface area contributed by atoms with Crippen LogP contribution in [0.4, 0.5) is 0 Å². The highest BCUT2D eigenvalue weighted by atomic mass is 16.5. The van der Waals surface area contributed by atoms with Gasteiger partial charge in [-0.2, -0.15) is 5.10 Å². The van der Waals surface area contributed by atoms with Crippen LogP contribution in [0.2, 0.25) is 0 Å². The van der Waals surface area contributed by atoms with Crippen LogP contribution in [0.3, 0.4) is 0 Å². The maximum atomic E-state index is 12.3. The third-order valence-electron chi connectivity index (χ3n) is 2.90. The zero-order valence-corrected chi connectivity index (χ0v) is 12.0. The van der Waals surface area contributed by atoms with Crippen molar-refractivity contribution < 1.29 is 9.84 Å². The molecule has 2 heterocycles. The predicted molar refractivity (Wildman–Crippen MR) is 74.7 cm³/mol. The van der Waals surface area contributed by atoms with Crippen LogP contribution in [0, 0.1) is 0 Å².